The van der Waals surface area contributed by atoms with E-state index in [0.29, 0.717) is 0 Å². The summed E-state index contributed by atoms with van der Waals surface area (Å²) in [6, 6.07) is -0.0157. The summed E-state index contributed by atoms with van der Waals surface area (Å²) in [5.74, 6) is 0.806. The first-order valence-electron chi connectivity index (χ1n) is 6.21. The summed E-state index contributed by atoms with van der Waals surface area (Å²) in [6.07, 6.45) is 1.38. The number of cyclic esters (lactones) is 1. The first-order valence-corrected chi connectivity index (χ1v) is 6.21. The Balaban J connectivity index is 2.34. The highest BCUT2D eigenvalue weighted by Crippen LogP contribution is 2.35. The molecule has 5 heteroatoms. The van der Waals surface area contributed by atoms with Gasteiger partial charge < -0.3 is 9.30 Å². The first-order chi connectivity index (χ1) is 8.21. The van der Waals surface area contributed by atoms with E-state index in [1.165, 1.54) is 0 Å². The fraction of sp³-hybridized carbons (Fsp3) is 0.692. The highest BCUT2D eigenvalue weighted by molar-refractivity contribution is 5.71. The van der Waals surface area contributed by atoms with Crippen molar-refractivity contribution in [2.24, 2.45) is 7.05 Å². The van der Waals surface area contributed by atoms with E-state index in [1.807, 2.05) is 52.4 Å². The van der Waals surface area contributed by atoms with Crippen LogP contribution in [-0.4, -0.2) is 32.1 Å². The molecule has 100 valence electrons. The maximum absolute atomic E-state index is 12.0. The van der Waals surface area contributed by atoms with Crippen LogP contribution in [0.15, 0.2) is 6.20 Å². The second-order valence-electron chi connectivity index (χ2n) is 5.94. The van der Waals surface area contributed by atoms with Crippen LogP contribution in [-0.2, 0) is 11.8 Å². The molecule has 1 saturated heterocycles. The van der Waals surface area contributed by atoms with Gasteiger partial charge in [0, 0.05) is 18.8 Å². The zero-order valence-corrected chi connectivity index (χ0v) is 11.9. The van der Waals surface area contributed by atoms with Gasteiger partial charge in [-0.25, -0.2) is 9.78 Å². The second kappa shape index (κ2) is 4.00. The molecule has 1 fully saturated rings. The van der Waals surface area contributed by atoms with Gasteiger partial charge in [-0.2, -0.15) is 0 Å². The second-order valence-corrected chi connectivity index (χ2v) is 5.94. The molecule has 1 aliphatic heterocycles. The monoisotopic (exact) mass is 251 g/mol. The standard InChI is InChI=1S/C13H21N3O2/c1-8-7-15(6)11(14-8)10-9(2)16(12(17)18-10)13(3,4)5/h7,9-10H,1-6H3/t9-,10-/m0/s1. The van der Waals surface area contributed by atoms with E-state index in [0.717, 1.165) is 11.5 Å². The normalized spacial score (nSPS) is 24.6. The highest BCUT2D eigenvalue weighted by atomic mass is 16.6. The van der Waals surface area contributed by atoms with Crippen molar-refractivity contribution in [3.63, 3.8) is 0 Å². The Morgan fingerprint density at radius 3 is 2.39 bits per heavy atom. The van der Waals surface area contributed by atoms with Crippen LogP contribution in [0.3, 0.4) is 0 Å². The van der Waals surface area contributed by atoms with E-state index in [-0.39, 0.29) is 23.8 Å². The molecule has 0 unspecified atom stereocenters. The number of carbonyl (C=O) groups is 1. The van der Waals surface area contributed by atoms with Gasteiger partial charge in [0.25, 0.3) is 0 Å². The lowest BCUT2D eigenvalue weighted by atomic mass is 10.0. The molecule has 0 N–H and O–H groups in total. The molecule has 1 amide bonds. The largest absolute Gasteiger partial charge is 0.436 e. The molecule has 1 aromatic rings. The summed E-state index contributed by atoms with van der Waals surface area (Å²) in [5, 5.41) is 0. The molecule has 2 heterocycles. The van der Waals surface area contributed by atoms with Crippen molar-refractivity contribution in [3.8, 4) is 0 Å². The molecule has 0 saturated carbocycles. The van der Waals surface area contributed by atoms with Crippen LogP contribution in [0, 0.1) is 6.92 Å². The van der Waals surface area contributed by atoms with Crippen LogP contribution in [0.25, 0.3) is 0 Å². The van der Waals surface area contributed by atoms with Gasteiger partial charge in [0.05, 0.1) is 11.7 Å². The third-order valence-corrected chi connectivity index (χ3v) is 3.28. The minimum atomic E-state index is -0.296. The Morgan fingerprint density at radius 1 is 1.39 bits per heavy atom. The molecule has 0 aliphatic carbocycles. The van der Waals surface area contributed by atoms with Crippen LogP contribution in [0.1, 0.15) is 45.3 Å². The lowest BCUT2D eigenvalue weighted by Gasteiger charge is -2.33. The van der Waals surface area contributed by atoms with Crippen molar-refractivity contribution in [2.45, 2.75) is 52.3 Å². The van der Waals surface area contributed by atoms with Crippen molar-refractivity contribution in [1.29, 1.82) is 0 Å². The smallest absolute Gasteiger partial charge is 0.411 e. The van der Waals surface area contributed by atoms with Crippen molar-refractivity contribution in [1.82, 2.24) is 14.5 Å². The van der Waals surface area contributed by atoms with E-state index >= 15 is 0 Å². The van der Waals surface area contributed by atoms with Crippen molar-refractivity contribution in [2.75, 3.05) is 0 Å². The van der Waals surface area contributed by atoms with Crippen LogP contribution >= 0.6 is 0 Å². The average molecular weight is 251 g/mol. The number of imidazole rings is 1. The van der Waals surface area contributed by atoms with Gasteiger partial charge in [-0.15, -0.1) is 0 Å². The lowest BCUT2D eigenvalue weighted by molar-refractivity contribution is 0.117. The van der Waals surface area contributed by atoms with E-state index in [1.54, 1.807) is 4.90 Å². The van der Waals surface area contributed by atoms with Crippen molar-refractivity contribution < 1.29 is 9.53 Å². The Kier molecular flexibility index (Phi) is 2.87. The van der Waals surface area contributed by atoms with Crippen LogP contribution in [0.2, 0.25) is 0 Å². The molecule has 2 atom stereocenters. The third-order valence-electron chi connectivity index (χ3n) is 3.28. The molecule has 5 nitrogen and oxygen atoms in total. The summed E-state index contributed by atoms with van der Waals surface area (Å²) in [5.41, 5.74) is 0.691. The number of amides is 1. The molecule has 1 aliphatic rings. The maximum Gasteiger partial charge on any atom is 0.411 e. The minimum absolute atomic E-state index is 0.0157. The van der Waals surface area contributed by atoms with E-state index in [4.69, 9.17) is 4.74 Å². The number of nitrogens with zero attached hydrogens (tertiary/aromatic N) is 3. The summed E-state index contributed by atoms with van der Waals surface area (Å²) in [6.45, 7) is 9.97. The Labute approximate surface area is 108 Å². The average Bonchev–Trinajstić information content (AvgIpc) is 2.65. The van der Waals surface area contributed by atoms with Gasteiger partial charge in [0.2, 0.25) is 0 Å². The number of hydrogen-bond donors (Lipinski definition) is 0. The maximum atomic E-state index is 12.0. The van der Waals surface area contributed by atoms with Gasteiger partial charge in [-0.1, -0.05) is 0 Å². The summed E-state index contributed by atoms with van der Waals surface area (Å²) in [7, 11) is 1.93. The van der Waals surface area contributed by atoms with E-state index in [2.05, 4.69) is 4.98 Å². The van der Waals surface area contributed by atoms with Gasteiger partial charge in [-0.3, -0.25) is 4.90 Å². The third kappa shape index (κ3) is 1.98. The molecular formula is C13H21N3O2. The lowest BCUT2D eigenvalue weighted by Crippen LogP contribution is -2.46. The molecule has 0 radical (unpaired) electrons. The molecule has 0 aromatic carbocycles. The minimum Gasteiger partial charge on any atom is -0.436 e. The number of rotatable bonds is 1. The number of ether oxygens (including phenoxy) is 1. The molecule has 2 rings (SSSR count). The molecular weight excluding hydrogens is 230 g/mol. The Bertz CT molecular complexity index is 473. The van der Waals surface area contributed by atoms with Crippen LogP contribution in [0.5, 0.6) is 0 Å². The molecule has 0 bridgehead atoms. The predicted octanol–water partition coefficient (Wildman–Crippen LogP) is 2.41. The van der Waals surface area contributed by atoms with Gasteiger partial charge in [0.1, 0.15) is 0 Å². The molecule has 0 spiro atoms. The SMILES string of the molecule is Cc1cn(C)c([C@H]2OC(=O)N(C(C)(C)C)[C@H]2C)n1. The number of hydrogen-bond acceptors (Lipinski definition) is 3. The fourth-order valence-electron chi connectivity index (χ4n) is 2.62. The van der Waals surface area contributed by atoms with Gasteiger partial charge in [0.15, 0.2) is 11.9 Å². The van der Waals surface area contributed by atoms with E-state index in [9.17, 15) is 4.79 Å². The first kappa shape index (κ1) is 12.9. The van der Waals surface area contributed by atoms with Crippen molar-refractivity contribution in [3.05, 3.63) is 17.7 Å². The number of carbonyl (C=O) groups excluding carboxylic acids is 1. The zero-order valence-electron chi connectivity index (χ0n) is 11.9. The summed E-state index contributed by atoms with van der Waals surface area (Å²) in [4.78, 5) is 18.2. The van der Waals surface area contributed by atoms with E-state index < -0.39 is 0 Å². The van der Waals surface area contributed by atoms with Gasteiger partial charge >= 0.3 is 6.09 Å². The summed E-state index contributed by atoms with van der Waals surface area (Å²) >= 11 is 0. The topological polar surface area (TPSA) is 47.4 Å². The highest BCUT2D eigenvalue weighted by Gasteiger charge is 2.46. The molecule has 18 heavy (non-hydrogen) atoms. The number of aromatic nitrogens is 2. The Morgan fingerprint density at radius 2 is 2.00 bits per heavy atom. The summed E-state index contributed by atoms with van der Waals surface area (Å²) < 4.78 is 7.42. The van der Waals surface area contributed by atoms with Crippen LogP contribution in [0.4, 0.5) is 4.79 Å². The number of aryl methyl sites for hydroxylation is 2. The quantitative estimate of drug-likeness (QED) is 0.770. The predicted molar refractivity (Wildman–Crippen MR) is 68.2 cm³/mol. The Hall–Kier alpha value is -1.52. The van der Waals surface area contributed by atoms with Gasteiger partial charge in [-0.05, 0) is 34.6 Å². The molecule has 1 aromatic heterocycles. The zero-order chi connectivity index (χ0) is 13.7. The fourth-order valence-corrected chi connectivity index (χ4v) is 2.62. The van der Waals surface area contributed by atoms with Crippen LogP contribution < -0.4 is 0 Å². The van der Waals surface area contributed by atoms with Crippen molar-refractivity contribution >= 4 is 6.09 Å².